The summed E-state index contributed by atoms with van der Waals surface area (Å²) >= 11 is 4.23. The molecule has 0 N–H and O–H groups in total. The van der Waals surface area contributed by atoms with Gasteiger partial charge in [0, 0.05) is 0 Å². The Kier molecular flexibility index (Phi) is 14.6. The Morgan fingerprint density at radius 3 is 2.17 bits per heavy atom. The van der Waals surface area contributed by atoms with E-state index in [9.17, 15) is 0 Å². The van der Waals surface area contributed by atoms with Gasteiger partial charge in [0.25, 0.3) is 0 Å². The van der Waals surface area contributed by atoms with Crippen LogP contribution in [0.1, 0.15) is 0 Å². The van der Waals surface area contributed by atoms with Crippen molar-refractivity contribution in [2.24, 2.45) is 0 Å². The van der Waals surface area contributed by atoms with Crippen LogP contribution in [0.4, 0.5) is 0 Å². The van der Waals surface area contributed by atoms with Crippen LogP contribution in [-0.2, 0) is 35.0 Å². The Morgan fingerprint density at radius 1 is 1.67 bits per heavy atom. The van der Waals surface area contributed by atoms with Crippen molar-refractivity contribution in [1.29, 1.82) is 0 Å². The fourth-order valence-corrected chi connectivity index (χ4v) is 0.118. The van der Waals surface area contributed by atoms with Gasteiger partial charge in [-0.25, -0.2) is 0 Å². The number of hydrogen-bond donors (Lipinski definition) is 0. The van der Waals surface area contributed by atoms with Gasteiger partial charge in [-0.05, 0) is 0 Å². The first-order valence-electron chi connectivity index (χ1n) is 1.16. The van der Waals surface area contributed by atoms with E-state index < -0.39 is 0 Å². The maximum Gasteiger partial charge on any atom is 3.00 e. The van der Waals surface area contributed by atoms with Crippen molar-refractivity contribution in [1.82, 2.24) is 0 Å². The molecule has 0 atom stereocenters. The fraction of sp³-hybridized carbons (Fsp3) is 0. The molecule has 0 heterocycles. The second-order valence-electron chi connectivity index (χ2n) is 0.477. The monoisotopic (exact) mass is 280 g/mol. The van der Waals surface area contributed by atoms with Crippen LogP contribution in [-0.4, -0.2) is 0 Å². The zero-order valence-corrected chi connectivity index (χ0v) is 5.92. The predicted octanol–water partition coefficient (Wildman–Crippen LogP) is 0.837. The van der Waals surface area contributed by atoms with Gasteiger partial charge < -0.3 is 36.8 Å². The minimum absolute atomic E-state index is 0. The van der Waals surface area contributed by atoms with Crippen LogP contribution < -0.4 is 0 Å². The van der Waals surface area contributed by atoms with Crippen LogP contribution in [0.5, 0.6) is 0 Å². The minimum Gasteiger partial charge on any atom is -0.933 e. The summed E-state index contributed by atoms with van der Waals surface area (Å²) in [4.78, 5) is 0. The largest absolute Gasteiger partial charge is 3.00 e. The topological polar surface area (TPSA) is 0 Å². The molecule has 0 unspecified atom stereocenters. The molecule has 0 aliphatic carbocycles. The smallest absolute Gasteiger partial charge is 0.933 e. The number of hydrogen-bond acceptors (Lipinski definition) is 1. The first-order chi connectivity index (χ1) is 2.41. The second kappa shape index (κ2) is 9.06. The third kappa shape index (κ3) is 8.83. The van der Waals surface area contributed by atoms with E-state index in [1.807, 2.05) is 0 Å². The van der Waals surface area contributed by atoms with Crippen LogP contribution in [0.2, 0.25) is 0 Å². The molecule has 0 rings (SSSR count). The van der Waals surface area contributed by atoms with Crippen molar-refractivity contribution in [3.63, 3.8) is 0 Å². The van der Waals surface area contributed by atoms with Crippen molar-refractivity contribution in [3.05, 3.63) is 24.1 Å². The Balaban J connectivity index is 0. The van der Waals surface area contributed by atoms with Crippen molar-refractivity contribution in [2.75, 3.05) is 0 Å². The van der Waals surface area contributed by atoms with Crippen molar-refractivity contribution in [2.45, 2.75) is 0 Å². The summed E-state index contributed by atoms with van der Waals surface area (Å²) in [5, 5.41) is 2.30. The average Bonchev–Trinajstić information content (AvgIpc) is 1.41. The van der Waals surface area contributed by atoms with Crippen LogP contribution in [0, 0.1) is 12.0 Å². The molecule has 0 spiro atoms. The Labute approximate surface area is 59.2 Å². The molecular formula is C4H3AuS. The average molecular weight is 280 g/mol. The maximum absolute atomic E-state index is 4.83. The van der Waals surface area contributed by atoms with Crippen LogP contribution >= 0.6 is 0 Å². The van der Waals surface area contributed by atoms with Crippen LogP contribution in [0.3, 0.4) is 0 Å². The molecule has 0 aromatic carbocycles. The Morgan fingerprint density at radius 2 is 2.17 bits per heavy atom. The molecule has 0 saturated heterocycles. The SMILES string of the molecule is [Au+3].[CH-]=CC=[C-][S-]. The molecule has 0 aliphatic heterocycles. The third-order valence-electron chi connectivity index (χ3n) is 0.164. The summed E-state index contributed by atoms with van der Waals surface area (Å²) in [5.74, 6) is 0. The van der Waals surface area contributed by atoms with Gasteiger partial charge in [-0.3, -0.25) is 0 Å². The normalized spacial score (nSPS) is 7.33. The Hall–Kier alpha value is 0.440. The van der Waals surface area contributed by atoms with Crippen molar-refractivity contribution >= 4 is 12.6 Å². The van der Waals surface area contributed by atoms with Crippen LogP contribution in [0.25, 0.3) is 0 Å². The molecule has 0 amide bonds. The summed E-state index contributed by atoms with van der Waals surface area (Å²) in [5.41, 5.74) is 0. The molecule has 2 heteroatoms. The van der Waals surface area contributed by atoms with E-state index in [2.05, 4.69) is 18.0 Å². The van der Waals surface area contributed by atoms with Gasteiger partial charge in [0.1, 0.15) is 0 Å². The fourth-order valence-electron chi connectivity index (χ4n) is 0.0393. The van der Waals surface area contributed by atoms with E-state index in [-0.39, 0.29) is 22.4 Å². The zero-order valence-electron chi connectivity index (χ0n) is 2.94. The van der Waals surface area contributed by atoms with Gasteiger partial charge in [-0.1, -0.05) is 0 Å². The summed E-state index contributed by atoms with van der Waals surface area (Å²) in [7, 11) is 0. The second-order valence-corrected chi connectivity index (χ2v) is 0.713. The van der Waals surface area contributed by atoms with E-state index in [4.69, 9.17) is 6.58 Å². The summed E-state index contributed by atoms with van der Waals surface area (Å²) in [6.45, 7) is 4.83. The standard InChI is InChI=1S/C4H3S.Au/c1-2-3-4-5;/h1-3H;/q-3;+3. The van der Waals surface area contributed by atoms with Gasteiger partial charge in [0.2, 0.25) is 0 Å². The van der Waals surface area contributed by atoms with E-state index in [1.165, 1.54) is 12.2 Å². The van der Waals surface area contributed by atoms with Crippen molar-refractivity contribution in [3.8, 4) is 0 Å². The molecule has 0 saturated carbocycles. The first-order valence-corrected chi connectivity index (χ1v) is 1.57. The molecule has 0 aliphatic rings. The van der Waals surface area contributed by atoms with Gasteiger partial charge in [-0.15, -0.1) is 0 Å². The predicted molar refractivity (Wildman–Crippen MR) is 24.0 cm³/mol. The first kappa shape index (κ1) is 9.67. The third-order valence-corrected chi connectivity index (χ3v) is 0.300. The van der Waals surface area contributed by atoms with Gasteiger partial charge >= 0.3 is 22.4 Å². The summed E-state index contributed by atoms with van der Waals surface area (Å²) < 4.78 is 0. The molecule has 0 bridgehead atoms. The maximum atomic E-state index is 4.83. The number of allylic oxidation sites excluding steroid dienone is 2. The molecule has 0 fully saturated rings. The Bertz CT molecular complexity index is 49.5. The molecule has 0 aromatic rings. The quantitative estimate of drug-likeness (QED) is 0.297. The molecular weight excluding hydrogens is 277 g/mol. The zero-order chi connectivity index (χ0) is 4.12. The van der Waals surface area contributed by atoms with E-state index in [0.29, 0.717) is 0 Å². The summed E-state index contributed by atoms with van der Waals surface area (Å²) in [6.07, 6.45) is 2.81. The van der Waals surface area contributed by atoms with E-state index >= 15 is 0 Å². The molecule has 36 valence electrons. The van der Waals surface area contributed by atoms with Crippen molar-refractivity contribution < 1.29 is 22.4 Å². The minimum atomic E-state index is 0. The van der Waals surface area contributed by atoms with Gasteiger partial charge in [0.05, 0.1) is 0 Å². The molecule has 6 heavy (non-hydrogen) atoms. The molecule has 0 radical (unpaired) electrons. The molecule has 0 aromatic heterocycles. The van der Waals surface area contributed by atoms with E-state index in [0.717, 1.165) is 0 Å². The summed E-state index contributed by atoms with van der Waals surface area (Å²) in [6, 6.07) is 0. The van der Waals surface area contributed by atoms with Gasteiger partial charge in [-0.2, -0.15) is 0 Å². The van der Waals surface area contributed by atoms with Crippen LogP contribution in [0.15, 0.2) is 12.2 Å². The number of rotatable bonds is 1. The van der Waals surface area contributed by atoms with Gasteiger partial charge in [0.15, 0.2) is 0 Å². The molecule has 0 nitrogen and oxygen atoms in total. The van der Waals surface area contributed by atoms with E-state index in [1.54, 1.807) is 0 Å².